The molecule has 0 fully saturated rings. The summed E-state index contributed by atoms with van der Waals surface area (Å²) in [4.78, 5) is 4.32. The average molecular weight is 264 g/mol. The normalized spacial score (nSPS) is 15.7. The van der Waals surface area contributed by atoms with E-state index in [0.29, 0.717) is 0 Å². The SMILES string of the molecule is Clc1ccc(-c2cnc([SH]3C=CC=C3)o2)cc1. The fourth-order valence-corrected chi connectivity index (χ4v) is 3.04. The van der Waals surface area contributed by atoms with Gasteiger partial charge in [0.2, 0.25) is 5.22 Å². The number of oxazole rings is 1. The highest BCUT2D eigenvalue weighted by Crippen LogP contribution is 2.42. The van der Waals surface area contributed by atoms with Gasteiger partial charge in [-0.1, -0.05) is 23.8 Å². The van der Waals surface area contributed by atoms with Crippen molar-refractivity contribution in [3.63, 3.8) is 0 Å². The largest absolute Gasteiger partial charge is 0.432 e. The first-order valence-electron chi connectivity index (χ1n) is 5.18. The number of thiol groups is 1. The lowest BCUT2D eigenvalue weighted by atomic mass is 10.2. The quantitative estimate of drug-likeness (QED) is 0.813. The van der Waals surface area contributed by atoms with E-state index in [-0.39, 0.29) is 0 Å². The number of benzene rings is 1. The molecule has 3 rings (SSSR count). The minimum Gasteiger partial charge on any atom is -0.432 e. The van der Waals surface area contributed by atoms with Gasteiger partial charge < -0.3 is 4.42 Å². The Hall–Kier alpha value is -1.45. The van der Waals surface area contributed by atoms with E-state index in [1.54, 1.807) is 6.20 Å². The number of allylic oxidation sites excluding steroid dienone is 2. The fourth-order valence-electron chi connectivity index (χ4n) is 1.59. The molecular formula is C13H10ClNOS. The Kier molecular flexibility index (Phi) is 2.79. The third-order valence-electron chi connectivity index (χ3n) is 2.45. The van der Waals surface area contributed by atoms with Gasteiger partial charge >= 0.3 is 0 Å². The predicted octanol–water partition coefficient (Wildman–Crippen LogP) is 4.40. The summed E-state index contributed by atoms with van der Waals surface area (Å²) < 4.78 is 5.77. The molecule has 0 bridgehead atoms. The van der Waals surface area contributed by atoms with Crippen molar-refractivity contribution in [3.8, 4) is 11.3 Å². The van der Waals surface area contributed by atoms with Crippen molar-refractivity contribution in [1.29, 1.82) is 0 Å². The molecule has 0 aliphatic carbocycles. The molecule has 0 saturated heterocycles. The van der Waals surface area contributed by atoms with E-state index >= 15 is 0 Å². The van der Waals surface area contributed by atoms with Crippen LogP contribution >= 0.6 is 22.5 Å². The standard InChI is InChI=1S/C13H10ClNOS/c14-11-5-3-10(4-6-11)12-9-15-13(16-12)17-7-1-2-8-17/h1-9,17H. The van der Waals surface area contributed by atoms with Crippen LogP contribution in [0.3, 0.4) is 0 Å². The van der Waals surface area contributed by atoms with Gasteiger partial charge in [0.1, 0.15) is 0 Å². The van der Waals surface area contributed by atoms with Crippen LogP contribution in [0.25, 0.3) is 11.3 Å². The zero-order valence-corrected chi connectivity index (χ0v) is 10.5. The zero-order valence-electron chi connectivity index (χ0n) is 8.88. The molecule has 4 heteroatoms. The Bertz CT molecular complexity index is 574. The summed E-state index contributed by atoms with van der Waals surface area (Å²) in [6.45, 7) is 0. The molecule has 1 aromatic carbocycles. The molecule has 0 saturated carbocycles. The van der Waals surface area contributed by atoms with E-state index in [0.717, 1.165) is 21.6 Å². The minimum atomic E-state index is -0.481. The summed E-state index contributed by atoms with van der Waals surface area (Å²) >= 11 is 5.85. The molecule has 0 N–H and O–H groups in total. The Balaban J connectivity index is 1.92. The maximum atomic E-state index is 5.85. The van der Waals surface area contributed by atoms with Crippen LogP contribution in [-0.4, -0.2) is 4.98 Å². The van der Waals surface area contributed by atoms with E-state index < -0.39 is 10.9 Å². The van der Waals surface area contributed by atoms with Crippen LogP contribution in [0.15, 0.2) is 63.1 Å². The lowest BCUT2D eigenvalue weighted by molar-refractivity contribution is 0.466. The smallest absolute Gasteiger partial charge is 0.242 e. The van der Waals surface area contributed by atoms with Crippen LogP contribution in [-0.2, 0) is 0 Å². The molecular weight excluding hydrogens is 254 g/mol. The Morgan fingerprint density at radius 1 is 1.06 bits per heavy atom. The topological polar surface area (TPSA) is 26.0 Å². The molecule has 86 valence electrons. The fraction of sp³-hybridized carbons (Fsp3) is 0. The van der Waals surface area contributed by atoms with Crippen LogP contribution in [0.5, 0.6) is 0 Å². The first-order chi connectivity index (χ1) is 8.33. The molecule has 2 nitrogen and oxygen atoms in total. The van der Waals surface area contributed by atoms with Gasteiger partial charge in [-0.05, 0) is 35.1 Å². The first-order valence-corrected chi connectivity index (χ1v) is 7.04. The number of halogens is 1. The van der Waals surface area contributed by atoms with Gasteiger partial charge in [-0.15, -0.1) is 10.9 Å². The molecule has 1 aliphatic heterocycles. The second-order valence-corrected chi connectivity index (χ2v) is 5.83. The third kappa shape index (κ3) is 2.16. The van der Waals surface area contributed by atoms with Gasteiger partial charge in [0.05, 0.1) is 6.20 Å². The van der Waals surface area contributed by atoms with Crippen molar-refractivity contribution < 1.29 is 4.42 Å². The number of nitrogens with zero attached hydrogens (tertiary/aromatic N) is 1. The van der Waals surface area contributed by atoms with Crippen molar-refractivity contribution in [2.45, 2.75) is 5.22 Å². The van der Waals surface area contributed by atoms with Gasteiger partial charge in [-0.3, -0.25) is 0 Å². The lowest BCUT2D eigenvalue weighted by Gasteiger charge is -2.02. The molecule has 0 spiro atoms. The van der Waals surface area contributed by atoms with Crippen molar-refractivity contribution >= 4 is 22.5 Å². The second kappa shape index (κ2) is 4.43. The van der Waals surface area contributed by atoms with E-state index in [9.17, 15) is 0 Å². The molecule has 0 amide bonds. The summed E-state index contributed by atoms with van der Waals surface area (Å²) in [5, 5.41) is 5.74. The van der Waals surface area contributed by atoms with Crippen molar-refractivity contribution in [2.24, 2.45) is 0 Å². The first kappa shape index (κ1) is 10.7. The van der Waals surface area contributed by atoms with E-state index in [4.69, 9.17) is 16.0 Å². The van der Waals surface area contributed by atoms with Gasteiger partial charge in [0, 0.05) is 10.6 Å². The van der Waals surface area contributed by atoms with Gasteiger partial charge in [0.25, 0.3) is 0 Å². The molecule has 0 radical (unpaired) electrons. The summed E-state index contributed by atoms with van der Waals surface area (Å²) in [5.41, 5.74) is 0.996. The molecule has 0 atom stereocenters. The van der Waals surface area contributed by atoms with Crippen molar-refractivity contribution in [2.75, 3.05) is 0 Å². The molecule has 0 unspecified atom stereocenters. The number of hydrogen-bond acceptors (Lipinski definition) is 2. The minimum absolute atomic E-state index is 0.481. The van der Waals surface area contributed by atoms with Crippen molar-refractivity contribution in [1.82, 2.24) is 4.98 Å². The molecule has 1 aromatic heterocycles. The van der Waals surface area contributed by atoms with Crippen LogP contribution in [0.1, 0.15) is 0 Å². The molecule has 2 aromatic rings. The van der Waals surface area contributed by atoms with Gasteiger partial charge in [0.15, 0.2) is 5.76 Å². The lowest BCUT2D eigenvalue weighted by Crippen LogP contribution is -1.72. The summed E-state index contributed by atoms with van der Waals surface area (Å²) in [5.74, 6) is 0.785. The third-order valence-corrected chi connectivity index (χ3v) is 4.33. The maximum Gasteiger partial charge on any atom is 0.242 e. The van der Waals surface area contributed by atoms with Crippen molar-refractivity contribution in [3.05, 3.63) is 58.5 Å². The number of hydrogen-bond donors (Lipinski definition) is 1. The number of rotatable bonds is 2. The second-order valence-electron chi connectivity index (χ2n) is 3.60. The van der Waals surface area contributed by atoms with E-state index in [1.807, 2.05) is 36.4 Å². The highest BCUT2D eigenvalue weighted by Gasteiger charge is 2.11. The molecule has 2 heterocycles. The van der Waals surface area contributed by atoms with Crippen LogP contribution < -0.4 is 0 Å². The van der Waals surface area contributed by atoms with E-state index in [1.165, 1.54) is 0 Å². The monoisotopic (exact) mass is 263 g/mol. The Morgan fingerprint density at radius 3 is 2.47 bits per heavy atom. The Morgan fingerprint density at radius 2 is 1.76 bits per heavy atom. The maximum absolute atomic E-state index is 5.85. The Labute approximate surface area is 107 Å². The summed E-state index contributed by atoms with van der Waals surface area (Å²) in [6, 6.07) is 7.56. The molecule has 17 heavy (non-hydrogen) atoms. The van der Waals surface area contributed by atoms with Crippen LogP contribution in [0.2, 0.25) is 5.02 Å². The van der Waals surface area contributed by atoms with Gasteiger partial charge in [-0.2, -0.15) is 0 Å². The van der Waals surface area contributed by atoms with Gasteiger partial charge in [-0.25, -0.2) is 4.98 Å². The average Bonchev–Trinajstić information content (AvgIpc) is 3.00. The summed E-state index contributed by atoms with van der Waals surface area (Å²) in [7, 11) is -0.481. The van der Waals surface area contributed by atoms with Crippen LogP contribution in [0, 0.1) is 0 Å². The molecule has 1 aliphatic rings. The predicted molar refractivity (Wildman–Crippen MR) is 72.5 cm³/mol. The van der Waals surface area contributed by atoms with Crippen LogP contribution in [0.4, 0.5) is 0 Å². The number of aromatic nitrogens is 1. The zero-order chi connectivity index (χ0) is 11.7. The highest BCUT2D eigenvalue weighted by molar-refractivity contribution is 8.22. The van der Waals surface area contributed by atoms with E-state index in [2.05, 4.69) is 15.8 Å². The highest BCUT2D eigenvalue weighted by atomic mass is 35.5. The summed E-state index contributed by atoms with van der Waals surface area (Å²) in [6.07, 6.45) is 5.82.